The second-order valence-electron chi connectivity index (χ2n) is 4.71. The molecule has 4 aromatic rings. The van der Waals surface area contributed by atoms with Crippen LogP contribution < -0.4 is 0 Å². The topological polar surface area (TPSA) is 69.4 Å². The molecule has 21 heavy (non-hydrogen) atoms. The van der Waals surface area contributed by atoms with Crippen molar-refractivity contribution in [3.05, 3.63) is 42.6 Å². The van der Waals surface area contributed by atoms with Gasteiger partial charge in [-0.2, -0.15) is 4.80 Å². The summed E-state index contributed by atoms with van der Waals surface area (Å²) in [6, 6.07) is 12.0. The van der Waals surface area contributed by atoms with Gasteiger partial charge in [0.1, 0.15) is 5.69 Å². The molecule has 3 aromatic heterocycles. The fraction of sp³-hybridized carbons (Fsp3) is 0.133. The maximum Gasteiger partial charge on any atom is 0.223 e. The molecule has 0 aliphatic rings. The number of hydrogen-bond donors (Lipinski definition) is 0. The van der Waals surface area contributed by atoms with E-state index in [1.165, 1.54) is 0 Å². The second-order valence-corrected chi connectivity index (χ2v) is 4.71. The summed E-state index contributed by atoms with van der Waals surface area (Å²) in [6.45, 7) is 2.65. The van der Waals surface area contributed by atoms with Gasteiger partial charge in [-0.3, -0.25) is 4.98 Å². The van der Waals surface area contributed by atoms with E-state index in [0.29, 0.717) is 18.1 Å². The first-order valence-electron chi connectivity index (χ1n) is 6.78. The molecule has 102 valence electrons. The zero-order chi connectivity index (χ0) is 14.2. The van der Waals surface area contributed by atoms with Crippen molar-refractivity contribution in [1.29, 1.82) is 0 Å². The Bertz CT molecular complexity index is 943. The van der Waals surface area contributed by atoms with Crippen LogP contribution in [0, 0.1) is 0 Å². The predicted octanol–water partition coefficient (Wildman–Crippen LogP) is 2.46. The Balaban J connectivity index is 1.97. The van der Waals surface area contributed by atoms with Gasteiger partial charge >= 0.3 is 0 Å². The summed E-state index contributed by atoms with van der Waals surface area (Å²) in [5, 5.41) is 14.4. The average Bonchev–Trinajstić information content (AvgIpc) is 3.03. The first-order chi connectivity index (χ1) is 10.3. The highest BCUT2D eigenvalue weighted by Crippen LogP contribution is 2.24. The van der Waals surface area contributed by atoms with E-state index in [1.807, 2.05) is 37.3 Å². The Kier molecular flexibility index (Phi) is 2.60. The van der Waals surface area contributed by atoms with Crippen molar-refractivity contribution in [2.45, 2.75) is 13.5 Å². The molecule has 0 amide bonds. The highest BCUT2D eigenvalue weighted by atomic mass is 15.6. The van der Waals surface area contributed by atoms with Crippen molar-refractivity contribution in [3.8, 4) is 11.5 Å². The van der Waals surface area contributed by atoms with E-state index in [1.54, 1.807) is 11.0 Å². The van der Waals surface area contributed by atoms with E-state index >= 15 is 0 Å². The fourth-order valence-electron chi connectivity index (χ4n) is 2.33. The van der Waals surface area contributed by atoms with Gasteiger partial charge in [0.15, 0.2) is 0 Å². The minimum absolute atomic E-state index is 0.534. The molecule has 0 unspecified atom stereocenters. The number of benzene rings is 1. The second kappa shape index (κ2) is 4.59. The quantitative estimate of drug-likeness (QED) is 0.526. The van der Waals surface area contributed by atoms with E-state index < -0.39 is 0 Å². The van der Waals surface area contributed by atoms with E-state index in [-0.39, 0.29) is 0 Å². The van der Waals surface area contributed by atoms with Gasteiger partial charge in [-0.25, -0.2) is 4.98 Å². The van der Waals surface area contributed by atoms with Crippen molar-refractivity contribution in [1.82, 2.24) is 30.2 Å². The Morgan fingerprint density at radius 1 is 1.00 bits per heavy atom. The first-order valence-corrected chi connectivity index (χ1v) is 6.78. The minimum Gasteiger partial charge on any atom is -0.254 e. The summed E-state index contributed by atoms with van der Waals surface area (Å²) in [7, 11) is 0. The highest BCUT2D eigenvalue weighted by Gasteiger charge is 2.09. The van der Waals surface area contributed by atoms with Crippen LogP contribution in [0.1, 0.15) is 6.92 Å². The standard InChI is InChI=1S/C15H12N6/c1-2-21-19-15(18-20-21)12-8-7-11-6-5-10-4-3-9-16-13(10)14(11)17-12/h3-9H,2H2,1H3. The van der Waals surface area contributed by atoms with Gasteiger partial charge in [0.2, 0.25) is 5.82 Å². The van der Waals surface area contributed by atoms with Crippen LogP contribution in [0.5, 0.6) is 0 Å². The maximum absolute atomic E-state index is 4.68. The molecule has 4 rings (SSSR count). The number of tetrazole rings is 1. The number of fused-ring (bicyclic) bond motifs is 3. The fourth-order valence-corrected chi connectivity index (χ4v) is 2.33. The van der Waals surface area contributed by atoms with Crippen molar-refractivity contribution >= 4 is 21.8 Å². The summed E-state index contributed by atoms with van der Waals surface area (Å²) in [6.07, 6.45) is 1.78. The number of aryl methyl sites for hydroxylation is 1. The molecule has 0 aliphatic heterocycles. The largest absolute Gasteiger partial charge is 0.254 e. The van der Waals surface area contributed by atoms with Crippen LogP contribution in [0.15, 0.2) is 42.6 Å². The SMILES string of the molecule is CCn1nnc(-c2ccc3ccc4cccnc4c3n2)n1. The molecular weight excluding hydrogens is 264 g/mol. The van der Waals surface area contributed by atoms with Gasteiger partial charge in [0.25, 0.3) is 0 Å². The van der Waals surface area contributed by atoms with Gasteiger partial charge in [-0.1, -0.05) is 24.3 Å². The van der Waals surface area contributed by atoms with E-state index in [4.69, 9.17) is 0 Å². The van der Waals surface area contributed by atoms with Crippen LogP contribution in [-0.4, -0.2) is 30.2 Å². The first kappa shape index (κ1) is 11.9. The highest BCUT2D eigenvalue weighted by molar-refractivity contribution is 6.03. The van der Waals surface area contributed by atoms with Crippen LogP contribution >= 0.6 is 0 Å². The lowest BCUT2D eigenvalue weighted by Crippen LogP contribution is -1.98. The van der Waals surface area contributed by atoms with Gasteiger partial charge < -0.3 is 0 Å². The van der Waals surface area contributed by atoms with Crippen molar-refractivity contribution < 1.29 is 0 Å². The summed E-state index contributed by atoms with van der Waals surface area (Å²) < 4.78 is 0. The van der Waals surface area contributed by atoms with Crippen LogP contribution in [0.2, 0.25) is 0 Å². The molecule has 0 aliphatic carbocycles. The number of pyridine rings is 2. The molecular formula is C15H12N6. The summed E-state index contributed by atoms with van der Waals surface area (Å²) in [4.78, 5) is 10.7. The normalized spacial score (nSPS) is 11.3. The zero-order valence-corrected chi connectivity index (χ0v) is 11.4. The van der Waals surface area contributed by atoms with Gasteiger partial charge in [-0.05, 0) is 24.3 Å². The molecule has 0 fully saturated rings. The molecule has 0 saturated carbocycles. The number of aromatic nitrogens is 6. The molecule has 0 atom stereocenters. The molecule has 0 bridgehead atoms. The molecule has 0 N–H and O–H groups in total. The lowest BCUT2D eigenvalue weighted by molar-refractivity contribution is 0.552. The lowest BCUT2D eigenvalue weighted by atomic mass is 10.1. The monoisotopic (exact) mass is 276 g/mol. The summed E-state index contributed by atoms with van der Waals surface area (Å²) in [5.41, 5.74) is 2.46. The summed E-state index contributed by atoms with van der Waals surface area (Å²) >= 11 is 0. The number of rotatable bonds is 2. The molecule has 1 aromatic carbocycles. The van der Waals surface area contributed by atoms with Crippen LogP contribution in [0.3, 0.4) is 0 Å². The Labute approximate surface area is 120 Å². The zero-order valence-electron chi connectivity index (χ0n) is 11.4. The van der Waals surface area contributed by atoms with Crippen molar-refractivity contribution in [2.75, 3.05) is 0 Å². The van der Waals surface area contributed by atoms with Crippen LogP contribution in [-0.2, 0) is 6.54 Å². The summed E-state index contributed by atoms with van der Waals surface area (Å²) in [5.74, 6) is 0.534. The van der Waals surface area contributed by atoms with Gasteiger partial charge in [-0.15, -0.1) is 10.2 Å². The minimum atomic E-state index is 0.534. The molecule has 0 saturated heterocycles. The van der Waals surface area contributed by atoms with E-state index in [0.717, 1.165) is 21.8 Å². The smallest absolute Gasteiger partial charge is 0.223 e. The molecule has 0 spiro atoms. The Morgan fingerprint density at radius 3 is 2.62 bits per heavy atom. The molecule has 0 radical (unpaired) electrons. The number of nitrogens with zero attached hydrogens (tertiary/aromatic N) is 6. The Morgan fingerprint density at radius 2 is 1.81 bits per heavy atom. The lowest BCUT2D eigenvalue weighted by Gasteiger charge is -2.03. The average molecular weight is 276 g/mol. The van der Waals surface area contributed by atoms with Gasteiger partial charge in [0, 0.05) is 17.0 Å². The third-order valence-electron chi connectivity index (χ3n) is 3.40. The van der Waals surface area contributed by atoms with Crippen molar-refractivity contribution in [3.63, 3.8) is 0 Å². The third kappa shape index (κ3) is 1.92. The molecule has 6 nitrogen and oxygen atoms in total. The van der Waals surface area contributed by atoms with Crippen LogP contribution in [0.4, 0.5) is 0 Å². The van der Waals surface area contributed by atoms with E-state index in [9.17, 15) is 0 Å². The van der Waals surface area contributed by atoms with Gasteiger partial charge in [0.05, 0.1) is 17.6 Å². The van der Waals surface area contributed by atoms with E-state index in [2.05, 4.69) is 31.4 Å². The molecule has 6 heteroatoms. The Hall–Kier alpha value is -2.89. The van der Waals surface area contributed by atoms with Crippen LogP contribution in [0.25, 0.3) is 33.3 Å². The maximum atomic E-state index is 4.68. The molecule has 3 heterocycles. The number of hydrogen-bond acceptors (Lipinski definition) is 5. The van der Waals surface area contributed by atoms with Crippen molar-refractivity contribution in [2.24, 2.45) is 0 Å². The predicted molar refractivity (Wildman–Crippen MR) is 79.5 cm³/mol. The third-order valence-corrected chi connectivity index (χ3v) is 3.40.